The Bertz CT molecular complexity index is 288. The second kappa shape index (κ2) is 7.24. The summed E-state index contributed by atoms with van der Waals surface area (Å²) >= 11 is 0. The zero-order chi connectivity index (χ0) is 14.6. The molecule has 1 atom stereocenters. The molecule has 118 valence electrons. The lowest BCUT2D eigenvalue weighted by Crippen LogP contribution is -2.44. The summed E-state index contributed by atoms with van der Waals surface area (Å²) in [6.07, 6.45) is 4.19. The van der Waals surface area contributed by atoms with E-state index in [-0.39, 0.29) is 0 Å². The molecular weight excluding hydrogens is 246 g/mol. The van der Waals surface area contributed by atoms with Crippen LogP contribution in [0.1, 0.15) is 47.0 Å². The maximum Gasteiger partial charge on any atom is 0.0223 e. The first kappa shape index (κ1) is 16.3. The lowest BCUT2D eigenvalue weighted by Gasteiger charge is -2.34. The van der Waals surface area contributed by atoms with Crippen LogP contribution in [0.25, 0.3) is 0 Å². The minimum absolute atomic E-state index is 0.378. The third kappa shape index (κ3) is 5.01. The van der Waals surface area contributed by atoms with E-state index < -0.39 is 0 Å². The van der Waals surface area contributed by atoms with Crippen molar-refractivity contribution in [3.05, 3.63) is 0 Å². The molecule has 0 saturated carbocycles. The summed E-state index contributed by atoms with van der Waals surface area (Å²) in [6, 6.07) is 0.844. The molecule has 0 aromatic heterocycles. The van der Waals surface area contributed by atoms with Gasteiger partial charge in [0.05, 0.1) is 0 Å². The molecule has 1 unspecified atom stereocenters. The Morgan fingerprint density at radius 2 is 1.90 bits per heavy atom. The molecule has 3 nitrogen and oxygen atoms in total. The molecule has 0 aromatic rings. The van der Waals surface area contributed by atoms with E-state index in [4.69, 9.17) is 0 Å². The summed E-state index contributed by atoms with van der Waals surface area (Å²) < 4.78 is 0. The number of hydrogen-bond donors (Lipinski definition) is 1. The highest BCUT2D eigenvalue weighted by Gasteiger charge is 2.30. The van der Waals surface area contributed by atoms with Gasteiger partial charge >= 0.3 is 0 Å². The Balaban J connectivity index is 1.78. The van der Waals surface area contributed by atoms with Gasteiger partial charge < -0.3 is 10.2 Å². The van der Waals surface area contributed by atoms with Gasteiger partial charge in [-0.15, -0.1) is 0 Å². The predicted molar refractivity (Wildman–Crippen MR) is 87.1 cm³/mol. The van der Waals surface area contributed by atoms with Crippen molar-refractivity contribution >= 4 is 0 Å². The van der Waals surface area contributed by atoms with Crippen molar-refractivity contribution in [1.29, 1.82) is 0 Å². The van der Waals surface area contributed by atoms with Crippen molar-refractivity contribution in [1.82, 2.24) is 15.1 Å². The van der Waals surface area contributed by atoms with Crippen LogP contribution < -0.4 is 5.32 Å². The number of fused-ring (bicyclic) bond motifs is 1. The fourth-order valence-electron chi connectivity index (χ4n) is 3.79. The van der Waals surface area contributed by atoms with E-state index >= 15 is 0 Å². The molecule has 2 saturated heterocycles. The summed E-state index contributed by atoms with van der Waals surface area (Å²) in [5.41, 5.74) is 0.378. The first-order valence-electron chi connectivity index (χ1n) is 8.63. The molecule has 2 aliphatic heterocycles. The molecule has 0 bridgehead atoms. The van der Waals surface area contributed by atoms with Crippen molar-refractivity contribution in [2.75, 3.05) is 45.8 Å². The van der Waals surface area contributed by atoms with E-state index in [1.54, 1.807) is 0 Å². The zero-order valence-corrected chi connectivity index (χ0v) is 14.1. The van der Waals surface area contributed by atoms with Crippen LogP contribution in [-0.2, 0) is 0 Å². The number of nitrogens with zero attached hydrogens (tertiary/aromatic N) is 2. The molecule has 2 aliphatic rings. The first-order chi connectivity index (χ1) is 9.46. The van der Waals surface area contributed by atoms with Gasteiger partial charge in [0.15, 0.2) is 0 Å². The highest BCUT2D eigenvalue weighted by atomic mass is 15.3. The van der Waals surface area contributed by atoms with Gasteiger partial charge in [0.2, 0.25) is 0 Å². The second-order valence-electron chi connectivity index (χ2n) is 8.11. The van der Waals surface area contributed by atoms with Gasteiger partial charge in [0.25, 0.3) is 0 Å². The third-order valence-corrected chi connectivity index (χ3v) is 4.70. The monoisotopic (exact) mass is 281 g/mol. The predicted octanol–water partition coefficient (Wildman–Crippen LogP) is 2.43. The summed E-state index contributed by atoms with van der Waals surface area (Å²) in [4.78, 5) is 5.46. The van der Waals surface area contributed by atoms with E-state index in [1.165, 1.54) is 52.0 Å². The van der Waals surface area contributed by atoms with E-state index in [9.17, 15) is 0 Å². The summed E-state index contributed by atoms with van der Waals surface area (Å²) in [7, 11) is 0. The largest absolute Gasteiger partial charge is 0.316 e. The van der Waals surface area contributed by atoms with Gasteiger partial charge in [-0.2, -0.15) is 0 Å². The maximum absolute atomic E-state index is 3.64. The Morgan fingerprint density at radius 1 is 1.15 bits per heavy atom. The zero-order valence-electron chi connectivity index (χ0n) is 14.1. The average molecular weight is 281 g/mol. The van der Waals surface area contributed by atoms with Crippen molar-refractivity contribution in [3.8, 4) is 0 Å². The molecule has 2 heterocycles. The van der Waals surface area contributed by atoms with E-state index in [1.807, 2.05) is 0 Å². The van der Waals surface area contributed by atoms with E-state index in [0.717, 1.165) is 25.0 Å². The number of hydrogen-bond acceptors (Lipinski definition) is 3. The Morgan fingerprint density at radius 3 is 2.65 bits per heavy atom. The van der Waals surface area contributed by atoms with Crippen LogP contribution in [0.4, 0.5) is 0 Å². The standard InChI is InChI=1S/C17H35N3/c1-15(2)11-18-13-17(3,4)14-19-8-6-10-20-9-5-7-16(20)12-19/h15-16,18H,5-14H2,1-4H3. The number of rotatable bonds is 6. The van der Waals surface area contributed by atoms with Crippen molar-refractivity contribution < 1.29 is 0 Å². The molecule has 0 spiro atoms. The van der Waals surface area contributed by atoms with Crippen LogP contribution in [0.3, 0.4) is 0 Å². The van der Waals surface area contributed by atoms with Crippen LogP contribution in [0.5, 0.6) is 0 Å². The van der Waals surface area contributed by atoms with Crippen molar-refractivity contribution in [3.63, 3.8) is 0 Å². The summed E-state index contributed by atoms with van der Waals surface area (Å²) in [5, 5.41) is 3.64. The molecule has 20 heavy (non-hydrogen) atoms. The van der Waals surface area contributed by atoms with Crippen LogP contribution in [-0.4, -0.2) is 61.7 Å². The van der Waals surface area contributed by atoms with Gasteiger partial charge in [0, 0.05) is 25.7 Å². The normalized spacial score (nSPS) is 25.9. The second-order valence-corrected chi connectivity index (χ2v) is 8.11. The fourth-order valence-corrected chi connectivity index (χ4v) is 3.79. The van der Waals surface area contributed by atoms with Crippen molar-refractivity contribution in [2.24, 2.45) is 11.3 Å². The van der Waals surface area contributed by atoms with Crippen molar-refractivity contribution in [2.45, 2.75) is 53.0 Å². The Hall–Kier alpha value is -0.120. The van der Waals surface area contributed by atoms with Crippen LogP contribution in [0, 0.1) is 11.3 Å². The minimum atomic E-state index is 0.378. The number of nitrogens with one attached hydrogen (secondary N) is 1. The van der Waals surface area contributed by atoms with Gasteiger partial charge in [-0.3, -0.25) is 4.90 Å². The lowest BCUT2D eigenvalue weighted by molar-refractivity contribution is 0.158. The van der Waals surface area contributed by atoms with E-state index in [0.29, 0.717) is 5.41 Å². The molecule has 2 rings (SSSR count). The maximum atomic E-state index is 3.64. The van der Waals surface area contributed by atoms with Gasteiger partial charge in [-0.25, -0.2) is 0 Å². The van der Waals surface area contributed by atoms with Gasteiger partial charge in [-0.05, 0) is 56.8 Å². The first-order valence-corrected chi connectivity index (χ1v) is 8.63. The highest BCUT2D eigenvalue weighted by Crippen LogP contribution is 2.24. The van der Waals surface area contributed by atoms with Crippen LogP contribution in [0.15, 0.2) is 0 Å². The topological polar surface area (TPSA) is 18.5 Å². The summed E-state index contributed by atoms with van der Waals surface area (Å²) in [5.74, 6) is 0.746. The Labute approximate surface area is 126 Å². The lowest BCUT2D eigenvalue weighted by atomic mass is 9.92. The van der Waals surface area contributed by atoms with Gasteiger partial charge in [-0.1, -0.05) is 27.7 Å². The van der Waals surface area contributed by atoms with E-state index in [2.05, 4.69) is 42.8 Å². The molecule has 0 amide bonds. The van der Waals surface area contributed by atoms with Gasteiger partial charge in [0.1, 0.15) is 0 Å². The minimum Gasteiger partial charge on any atom is -0.316 e. The molecule has 2 fully saturated rings. The molecule has 0 radical (unpaired) electrons. The third-order valence-electron chi connectivity index (χ3n) is 4.70. The SMILES string of the molecule is CC(C)CNCC(C)(C)CN1CCCN2CCCC2C1. The quantitative estimate of drug-likeness (QED) is 0.807. The Kier molecular flexibility index (Phi) is 5.88. The molecular formula is C17H35N3. The molecule has 3 heteroatoms. The fraction of sp³-hybridized carbons (Fsp3) is 1.00. The smallest absolute Gasteiger partial charge is 0.0223 e. The highest BCUT2D eigenvalue weighted by molar-refractivity contribution is 4.87. The molecule has 0 aliphatic carbocycles. The average Bonchev–Trinajstić information content (AvgIpc) is 2.67. The molecule has 1 N–H and O–H groups in total. The van der Waals surface area contributed by atoms with Crippen LogP contribution in [0.2, 0.25) is 0 Å². The molecule has 0 aromatic carbocycles. The van der Waals surface area contributed by atoms with Crippen LogP contribution >= 0.6 is 0 Å². The summed E-state index contributed by atoms with van der Waals surface area (Å²) in [6.45, 7) is 18.2.